The van der Waals surface area contributed by atoms with Gasteiger partial charge < -0.3 is 15.4 Å². The zero-order valence-corrected chi connectivity index (χ0v) is 16.0. The number of thiocarbonyl (C=S) groups is 1. The van der Waals surface area contributed by atoms with Gasteiger partial charge in [-0.15, -0.1) is 0 Å². The molecule has 0 radical (unpaired) electrons. The SMILES string of the molecule is CCOC(=O)c1ccc(NC(=S)Nc2cnn(Cc3ccccc3F)c2)cc1. The van der Waals surface area contributed by atoms with Crippen LogP contribution in [0.5, 0.6) is 0 Å². The minimum atomic E-state index is -0.364. The van der Waals surface area contributed by atoms with Gasteiger partial charge in [-0.05, 0) is 49.5 Å². The molecule has 2 aromatic carbocycles. The van der Waals surface area contributed by atoms with E-state index in [4.69, 9.17) is 17.0 Å². The Morgan fingerprint density at radius 3 is 2.57 bits per heavy atom. The summed E-state index contributed by atoms with van der Waals surface area (Å²) in [5.74, 6) is -0.631. The molecule has 0 amide bonds. The first kappa shape index (κ1) is 19.5. The van der Waals surface area contributed by atoms with Crippen LogP contribution in [0, 0.1) is 5.82 Å². The molecule has 1 heterocycles. The first-order valence-corrected chi connectivity index (χ1v) is 9.07. The van der Waals surface area contributed by atoms with Crippen molar-refractivity contribution in [2.75, 3.05) is 17.2 Å². The van der Waals surface area contributed by atoms with Gasteiger partial charge in [-0.25, -0.2) is 9.18 Å². The molecule has 0 aliphatic rings. The van der Waals surface area contributed by atoms with Crippen LogP contribution in [-0.2, 0) is 11.3 Å². The van der Waals surface area contributed by atoms with Gasteiger partial charge in [0.2, 0.25) is 0 Å². The first-order chi connectivity index (χ1) is 13.5. The molecule has 0 saturated heterocycles. The number of benzene rings is 2. The molecular weight excluding hydrogens is 379 g/mol. The van der Waals surface area contributed by atoms with Crippen LogP contribution in [-0.4, -0.2) is 27.5 Å². The molecule has 3 aromatic rings. The third-order valence-electron chi connectivity index (χ3n) is 3.84. The van der Waals surface area contributed by atoms with E-state index in [1.165, 1.54) is 6.07 Å². The predicted octanol–water partition coefficient (Wildman–Crippen LogP) is 4.06. The summed E-state index contributed by atoms with van der Waals surface area (Å²) < 4.78 is 20.3. The lowest BCUT2D eigenvalue weighted by Gasteiger charge is -2.09. The van der Waals surface area contributed by atoms with Crippen molar-refractivity contribution < 1.29 is 13.9 Å². The van der Waals surface area contributed by atoms with Crippen LogP contribution in [0.15, 0.2) is 60.9 Å². The number of nitrogens with one attached hydrogen (secondary N) is 2. The van der Waals surface area contributed by atoms with Gasteiger partial charge in [0.15, 0.2) is 5.11 Å². The summed E-state index contributed by atoms with van der Waals surface area (Å²) in [5, 5.41) is 10.6. The van der Waals surface area contributed by atoms with Gasteiger partial charge in [-0.2, -0.15) is 5.10 Å². The molecule has 1 aromatic heterocycles. The van der Waals surface area contributed by atoms with Gasteiger partial charge in [0.25, 0.3) is 0 Å². The Morgan fingerprint density at radius 2 is 1.86 bits per heavy atom. The third kappa shape index (κ3) is 5.14. The summed E-state index contributed by atoms with van der Waals surface area (Å²) in [5.41, 5.74) is 2.43. The van der Waals surface area contributed by atoms with Crippen LogP contribution in [0.2, 0.25) is 0 Å². The van der Waals surface area contributed by atoms with Crippen LogP contribution >= 0.6 is 12.2 Å². The standard InChI is InChI=1S/C20H19FN4O2S/c1-2-27-19(26)14-7-9-16(10-8-14)23-20(28)24-17-11-22-25(13-17)12-15-5-3-4-6-18(15)21/h3-11,13H,2,12H2,1H3,(H2,23,24,28). The first-order valence-electron chi connectivity index (χ1n) is 8.66. The number of halogens is 1. The number of nitrogens with zero attached hydrogens (tertiary/aromatic N) is 2. The second kappa shape index (κ2) is 9.09. The largest absolute Gasteiger partial charge is 0.462 e. The van der Waals surface area contributed by atoms with Gasteiger partial charge in [-0.1, -0.05) is 18.2 Å². The quantitative estimate of drug-likeness (QED) is 0.482. The Hall–Kier alpha value is -3.26. The van der Waals surface area contributed by atoms with E-state index in [1.807, 2.05) is 0 Å². The average Bonchev–Trinajstić information content (AvgIpc) is 3.11. The molecule has 0 saturated carbocycles. The molecule has 28 heavy (non-hydrogen) atoms. The van der Waals surface area contributed by atoms with Crippen LogP contribution in [0.25, 0.3) is 0 Å². The van der Waals surface area contributed by atoms with E-state index in [-0.39, 0.29) is 11.8 Å². The van der Waals surface area contributed by atoms with E-state index in [2.05, 4.69) is 15.7 Å². The van der Waals surface area contributed by atoms with Crippen molar-refractivity contribution in [1.29, 1.82) is 0 Å². The monoisotopic (exact) mass is 398 g/mol. The number of hydrogen-bond donors (Lipinski definition) is 2. The molecule has 0 fully saturated rings. The molecule has 3 rings (SSSR count). The van der Waals surface area contributed by atoms with Gasteiger partial charge in [0.1, 0.15) is 5.82 Å². The van der Waals surface area contributed by atoms with E-state index in [1.54, 1.807) is 66.5 Å². The molecular formula is C20H19FN4O2S. The highest BCUT2D eigenvalue weighted by Gasteiger charge is 2.07. The number of ether oxygens (including phenoxy) is 1. The predicted molar refractivity (Wildman–Crippen MR) is 110 cm³/mol. The van der Waals surface area contributed by atoms with E-state index in [0.717, 1.165) is 5.69 Å². The van der Waals surface area contributed by atoms with E-state index < -0.39 is 0 Å². The van der Waals surface area contributed by atoms with Gasteiger partial charge in [0, 0.05) is 17.4 Å². The molecule has 0 bridgehead atoms. The van der Waals surface area contributed by atoms with E-state index in [0.29, 0.717) is 35.1 Å². The van der Waals surface area contributed by atoms with Crippen molar-refractivity contribution in [1.82, 2.24) is 9.78 Å². The van der Waals surface area contributed by atoms with Crippen molar-refractivity contribution in [3.8, 4) is 0 Å². The Labute approximate surface area is 167 Å². The lowest BCUT2D eigenvalue weighted by Crippen LogP contribution is -2.18. The van der Waals surface area contributed by atoms with Crippen LogP contribution in [0.4, 0.5) is 15.8 Å². The Bertz CT molecular complexity index is 972. The molecule has 6 nitrogen and oxygen atoms in total. The summed E-state index contributed by atoms with van der Waals surface area (Å²) in [7, 11) is 0. The van der Waals surface area contributed by atoms with Gasteiger partial charge in [-0.3, -0.25) is 4.68 Å². The third-order valence-corrected chi connectivity index (χ3v) is 4.04. The molecule has 8 heteroatoms. The van der Waals surface area contributed by atoms with Crippen LogP contribution < -0.4 is 10.6 Å². The average molecular weight is 398 g/mol. The maximum absolute atomic E-state index is 13.7. The highest BCUT2D eigenvalue weighted by atomic mass is 32.1. The summed E-state index contributed by atoms with van der Waals surface area (Å²) in [6.45, 7) is 2.41. The minimum Gasteiger partial charge on any atom is -0.462 e. The summed E-state index contributed by atoms with van der Waals surface area (Å²) in [6.07, 6.45) is 3.35. The number of rotatable bonds is 6. The fraction of sp³-hybridized carbons (Fsp3) is 0.150. The summed E-state index contributed by atoms with van der Waals surface area (Å²) in [4.78, 5) is 11.7. The minimum absolute atomic E-state index is 0.268. The highest BCUT2D eigenvalue weighted by Crippen LogP contribution is 2.13. The van der Waals surface area contributed by atoms with Crippen molar-refractivity contribution in [2.45, 2.75) is 13.5 Å². The van der Waals surface area contributed by atoms with Crippen molar-refractivity contribution in [3.05, 3.63) is 77.9 Å². The smallest absolute Gasteiger partial charge is 0.338 e. The number of hydrogen-bond acceptors (Lipinski definition) is 4. The molecule has 0 atom stereocenters. The zero-order valence-electron chi connectivity index (χ0n) is 15.2. The molecule has 0 aliphatic heterocycles. The van der Waals surface area contributed by atoms with Gasteiger partial charge >= 0.3 is 5.97 Å². The molecule has 0 aliphatic carbocycles. The lowest BCUT2D eigenvalue weighted by atomic mass is 10.2. The molecule has 0 unspecified atom stereocenters. The molecule has 2 N–H and O–H groups in total. The summed E-state index contributed by atoms with van der Waals surface area (Å²) >= 11 is 5.29. The normalized spacial score (nSPS) is 10.4. The highest BCUT2D eigenvalue weighted by molar-refractivity contribution is 7.80. The van der Waals surface area contributed by atoms with Crippen molar-refractivity contribution >= 4 is 34.7 Å². The number of esters is 1. The molecule has 0 spiro atoms. The van der Waals surface area contributed by atoms with Crippen LogP contribution in [0.3, 0.4) is 0 Å². The van der Waals surface area contributed by atoms with E-state index >= 15 is 0 Å². The topological polar surface area (TPSA) is 68.2 Å². The Kier molecular flexibility index (Phi) is 6.33. The maximum atomic E-state index is 13.7. The zero-order chi connectivity index (χ0) is 19.9. The van der Waals surface area contributed by atoms with Crippen LogP contribution in [0.1, 0.15) is 22.8 Å². The lowest BCUT2D eigenvalue weighted by molar-refractivity contribution is 0.0526. The second-order valence-corrected chi connectivity index (χ2v) is 6.30. The molecule has 144 valence electrons. The van der Waals surface area contributed by atoms with Crippen molar-refractivity contribution in [3.63, 3.8) is 0 Å². The van der Waals surface area contributed by atoms with Crippen molar-refractivity contribution in [2.24, 2.45) is 0 Å². The Morgan fingerprint density at radius 1 is 1.14 bits per heavy atom. The fourth-order valence-electron chi connectivity index (χ4n) is 2.51. The van der Waals surface area contributed by atoms with E-state index in [9.17, 15) is 9.18 Å². The Balaban J connectivity index is 1.56. The maximum Gasteiger partial charge on any atom is 0.338 e. The number of carbonyl (C=O) groups is 1. The second-order valence-electron chi connectivity index (χ2n) is 5.89. The number of anilines is 2. The fourth-order valence-corrected chi connectivity index (χ4v) is 2.75. The number of aromatic nitrogens is 2. The number of carbonyl (C=O) groups excluding carboxylic acids is 1. The van der Waals surface area contributed by atoms with Gasteiger partial charge in [0.05, 0.1) is 30.6 Å². The summed E-state index contributed by atoms with van der Waals surface area (Å²) in [6, 6.07) is 13.4.